The number of hydrogen-bond donors (Lipinski definition) is 2. The van der Waals surface area contributed by atoms with Gasteiger partial charge in [0.2, 0.25) is 0 Å². The first-order valence-electron chi connectivity index (χ1n) is 8.81. The van der Waals surface area contributed by atoms with Gasteiger partial charge in [-0.1, -0.05) is 37.1 Å². The van der Waals surface area contributed by atoms with Crippen LogP contribution in [0.3, 0.4) is 0 Å². The summed E-state index contributed by atoms with van der Waals surface area (Å²) in [5.74, 6) is 0.737. The molecule has 0 bridgehead atoms. The Labute approximate surface area is 145 Å². The standard InChI is InChI=1S/C19H31N3O2/c1-4-20-19(22-15-17-12-9-8-11-16(17)2)21-14-10-6-5-7-13-18(23)24-3/h8-9,11-12H,4-7,10,13-15H2,1-3H3,(H2,20,21,22). The molecule has 0 atom stereocenters. The molecule has 1 rings (SSSR count). The fourth-order valence-electron chi connectivity index (χ4n) is 2.35. The molecule has 1 aromatic rings. The smallest absolute Gasteiger partial charge is 0.305 e. The highest BCUT2D eigenvalue weighted by molar-refractivity contribution is 5.79. The molecule has 0 heterocycles. The van der Waals surface area contributed by atoms with Crippen LogP contribution >= 0.6 is 0 Å². The highest BCUT2D eigenvalue weighted by atomic mass is 16.5. The second-order valence-corrected chi connectivity index (χ2v) is 5.79. The molecule has 0 spiro atoms. The lowest BCUT2D eigenvalue weighted by Gasteiger charge is -2.11. The molecule has 0 saturated heterocycles. The number of aryl methyl sites for hydroxylation is 1. The third kappa shape index (κ3) is 8.56. The van der Waals surface area contributed by atoms with Crippen LogP contribution in [0.4, 0.5) is 0 Å². The number of carbonyl (C=O) groups excluding carboxylic acids is 1. The van der Waals surface area contributed by atoms with Crippen LogP contribution in [0.25, 0.3) is 0 Å². The van der Waals surface area contributed by atoms with Gasteiger partial charge in [-0.05, 0) is 37.8 Å². The van der Waals surface area contributed by atoms with E-state index in [9.17, 15) is 4.79 Å². The Bertz CT molecular complexity index is 515. The molecule has 0 saturated carbocycles. The van der Waals surface area contributed by atoms with E-state index in [-0.39, 0.29) is 5.97 Å². The van der Waals surface area contributed by atoms with E-state index in [2.05, 4.69) is 46.3 Å². The number of methoxy groups -OCH3 is 1. The number of nitrogens with one attached hydrogen (secondary N) is 2. The first kappa shape index (κ1) is 20.0. The fourth-order valence-corrected chi connectivity index (χ4v) is 2.35. The number of esters is 1. The van der Waals surface area contributed by atoms with Crippen LogP contribution in [-0.4, -0.2) is 32.1 Å². The summed E-state index contributed by atoms with van der Waals surface area (Å²) >= 11 is 0. The van der Waals surface area contributed by atoms with Crippen LogP contribution in [0.5, 0.6) is 0 Å². The van der Waals surface area contributed by atoms with Gasteiger partial charge in [0.15, 0.2) is 5.96 Å². The van der Waals surface area contributed by atoms with Crippen molar-refractivity contribution >= 4 is 11.9 Å². The van der Waals surface area contributed by atoms with Crippen molar-refractivity contribution in [3.63, 3.8) is 0 Å². The van der Waals surface area contributed by atoms with E-state index in [0.29, 0.717) is 13.0 Å². The number of unbranched alkanes of at least 4 members (excludes halogenated alkanes) is 3. The molecule has 0 aliphatic rings. The molecule has 2 N–H and O–H groups in total. The van der Waals surface area contributed by atoms with Gasteiger partial charge in [-0.25, -0.2) is 4.99 Å². The normalized spacial score (nSPS) is 11.2. The molecule has 134 valence electrons. The first-order valence-corrected chi connectivity index (χ1v) is 8.81. The van der Waals surface area contributed by atoms with E-state index in [4.69, 9.17) is 0 Å². The van der Waals surface area contributed by atoms with Gasteiger partial charge in [-0.3, -0.25) is 4.79 Å². The van der Waals surface area contributed by atoms with Crippen molar-refractivity contribution in [1.29, 1.82) is 0 Å². The lowest BCUT2D eigenvalue weighted by Crippen LogP contribution is -2.37. The summed E-state index contributed by atoms with van der Waals surface area (Å²) in [6.45, 7) is 6.59. The maximum Gasteiger partial charge on any atom is 0.305 e. The topological polar surface area (TPSA) is 62.7 Å². The minimum atomic E-state index is -0.120. The number of benzene rings is 1. The van der Waals surface area contributed by atoms with Crippen LogP contribution in [0, 0.1) is 6.92 Å². The minimum Gasteiger partial charge on any atom is -0.469 e. The summed E-state index contributed by atoms with van der Waals surface area (Å²) in [5, 5.41) is 6.64. The average Bonchev–Trinajstić information content (AvgIpc) is 2.59. The highest BCUT2D eigenvalue weighted by Gasteiger charge is 2.01. The molecule has 0 unspecified atom stereocenters. The molecular formula is C19H31N3O2. The monoisotopic (exact) mass is 333 g/mol. The number of rotatable bonds is 10. The van der Waals surface area contributed by atoms with Crippen molar-refractivity contribution in [2.24, 2.45) is 4.99 Å². The zero-order valence-electron chi connectivity index (χ0n) is 15.2. The van der Waals surface area contributed by atoms with Crippen molar-refractivity contribution < 1.29 is 9.53 Å². The molecule has 5 heteroatoms. The summed E-state index contributed by atoms with van der Waals surface area (Å²) in [7, 11) is 1.44. The Kier molecular flexibility index (Phi) is 10.3. The summed E-state index contributed by atoms with van der Waals surface area (Å²) in [5.41, 5.74) is 2.51. The van der Waals surface area contributed by atoms with E-state index < -0.39 is 0 Å². The molecular weight excluding hydrogens is 302 g/mol. The van der Waals surface area contributed by atoms with Gasteiger partial charge < -0.3 is 15.4 Å². The number of aliphatic imine (C=N–C) groups is 1. The predicted octanol–water partition coefficient (Wildman–Crippen LogP) is 3.17. The number of carbonyl (C=O) groups is 1. The zero-order chi connectivity index (χ0) is 17.6. The van der Waals surface area contributed by atoms with Gasteiger partial charge in [0.1, 0.15) is 0 Å². The van der Waals surface area contributed by atoms with Crippen LogP contribution < -0.4 is 10.6 Å². The van der Waals surface area contributed by atoms with Crippen LogP contribution in [0.1, 0.15) is 50.2 Å². The number of guanidine groups is 1. The summed E-state index contributed by atoms with van der Waals surface area (Å²) in [4.78, 5) is 15.7. The van der Waals surface area contributed by atoms with Crippen molar-refractivity contribution in [2.75, 3.05) is 20.2 Å². The van der Waals surface area contributed by atoms with Gasteiger partial charge in [0.25, 0.3) is 0 Å². The Hall–Kier alpha value is -2.04. The molecule has 1 aromatic carbocycles. The van der Waals surface area contributed by atoms with E-state index in [0.717, 1.165) is 44.7 Å². The first-order chi connectivity index (χ1) is 11.7. The summed E-state index contributed by atoms with van der Waals surface area (Å²) in [6.07, 6.45) is 4.63. The Morgan fingerprint density at radius 2 is 1.88 bits per heavy atom. The van der Waals surface area contributed by atoms with Crippen molar-refractivity contribution in [2.45, 2.75) is 52.5 Å². The van der Waals surface area contributed by atoms with Crippen LogP contribution in [0.2, 0.25) is 0 Å². The second-order valence-electron chi connectivity index (χ2n) is 5.79. The lowest BCUT2D eigenvalue weighted by atomic mass is 10.1. The van der Waals surface area contributed by atoms with Gasteiger partial charge in [-0.2, -0.15) is 0 Å². The average molecular weight is 333 g/mol. The Morgan fingerprint density at radius 1 is 1.12 bits per heavy atom. The fraction of sp³-hybridized carbons (Fsp3) is 0.579. The predicted molar refractivity (Wildman–Crippen MR) is 99.1 cm³/mol. The molecule has 5 nitrogen and oxygen atoms in total. The molecule has 24 heavy (non-hydrogen) atoms. The maximum absolute atomic E-state index is 11.0. The van der Waals surface area contributed by atoms with Crippen molar-refractivity contribution in [1.82, 2.24) is 10.6 Å². The van der Waals surface area contributed by atoms with Gasteiger partial charge >= 0.3 is 5.97 Å². The second kappa shape index (κ2) is 12.4. The largest absolute Gasteiger partial charge is 0.469 e. The van der Waals surface area contributed by atoms with E-state index >= 15 is 0 Å². The summed E-state index contributed by atoms with van der Waals surface area (Å²) < 4.78 is 4.63. The SMILES string of the molecule is CCNC(=NCc1ccccc1C)NCCCCCCC(=O)OC. The molecule has 0 amide bonds. The van der Waals surface area contributed by atoms with Gasteiger partial charge in [0, 0.05) is 19.5 Å². The van der Waals surface area contributed by atoms with E-state index in [1.54, 1.807) is 0 Å². The van der Waals surface area contributed by atoms with E-state index in [1.807, 2.05) is 12.1 Å². The molecule has 0 fully saturated rings. The number of nitrogens with zero attached hydrogens (tertiary/aromatic N) is 1. The Balaban J connectivity index is 2.27. The summed E-state index contributed by atoms with van der Waals surface area (Å²) in [6, 6.07) is 8.32. The number of ether oxygens (including phenoxy) is 1. The van der Waals surface area contributed by atoms with Crippen molar-refractivity contribution in [3.8, 4) is 0 Å². The maximum atomic E-state index is 11.0. The third-order valence-electron chi connectivity index (χ3n) is 3.84. The van der Waals surface area contributed by atoms with Crippen LogP contribution in [0.15, 0.2) is 29.3 Å². The van der Waals surface area contributed by atoms with Crippen LogP contribution in [-0.2, 0) is 16.1 Å². The van der Waals surface area contributed by atoms with E-state index in [1.165, 1.54) is 18.2 Å². The molecule has 0 aromatic heterocycles. The lowest BCUT2D eigenvalue weighted by molar-refractivity contribution is -0.140. The van der Waals surface area contributed by atoms with Gasteiger partial charge in [-0.15, -0.1) is 0 Å². The quantitative estimate of drug-likeness (QED) is 0.299. The highest BCUT2D eigenvalue weighted by Crippen LogP contribution is 2.08. The zero-order valence-corrected chi connectivity index (χ0v) is 15.2. The number of hydrogen-bond acceptors (Lipinski definition) is 3. The van der Waals surface area contributed by atoms with Gasteiger partial charge in [0.05, 0.1) is 13.7 Å². The minimum absolute atomic E-state index is 0.120. The Morgan fingerprint density at radius 3 is 2.58 bits per heavy atom. The molecule has 0 radical (unpaired) electrons. The molecule has 0 aliphatic heterocycles. The van der Waals surface area contributed by atoms with Crippen molar-refractivity contribution in [3.05, 3.63) is 35.4 Å². The third-order valence-corrected chi connectivity index (χ3v) is 3.84. The molecule has 0 aliphatic carbocycles.